The topological polar surface area (TPSA) is 55.6 Å². The highest BCUT2D eigenvalue weighted by Crippen LogP contribution is 2.37. The first-order chi connectivity index (χ1) is 10.1. The monoisotopic (exact) mass is 306 g/mol. The lowest BCUT2D eigenvalue weighted by Crippen LogP contribution is -2.12. The standard InChI is InChI=1S/C15H15ClN2O3/c1-17(13-5-3-4-6-15(13)21-2)12-8-7-11(10-16)9-14(12)18(19)20/h3-9H,10H2,1-2H3. The van der Waals surface area contributed by atoms with Gasteiger partial charge in [-0.1, -0.05) is 18.2 Å². The molecule has 0 bridgehead atoms. The van der Waals surface area contributed by atoms with Gasteiger partial charge in [-0.3, -0.25) is 10.1 Å². The predicted octanol–water partition coefficient (Wildman–Crippen LogP) is 4.11. The largest absolute Gasteiger partial charge is 0.495 e. The average molecular weight is 307 g/mol. The first-order valence-corrected chi connectivity index (χ1v) is 6.82. The summed E-state index contributed by atoms with van der Waals surface area (Å²) in [6.07, 6.45) is 0. The molecule has 0 heterocycles. The van der Waals surface area contributed by atoms with Crippen LogP contribution in [0.3, 0.4) is 0 Å². The molecular formula is C15H15ClN2O3. The number of hydrogen-bond acceptors (Lipinski definition) is 4. The van der Waals surface area contributed by atoms with Crippen LogP contribution in [0.25, 0.3) is 0 Å². The minimum atomic E-state index is -0.405. The summed E-state index contributed by atoms with van der Waals surface area (Å²) >= 11 is 5.74. The quantitative estimate of drug-likeness (QED) is 0.474. The molecule has 2 rings (SSSR count). The summed E-state index contributed by atoms with van der Waals surface area (Å²) in [4.78, 5) is 12.6. The van der Waals surface area contributed by atoms with Gasteiger partial charge in [0.25, 0.3) is 5.69 Å². The van der Waals surface area contributed by atoms with Crippen molar-refractivity contribution in [3.05, 3.63) is 58.1 Å². The minimum Gasteiger partial charge on any atom is -0.495 e. The molecule has 0 aliphatic heterocycles. The zero-order valence-corrected chi connectivity index (χ0v) is 12.5. The van der Waals surface area contributed by atoms with E-state index in [0.717, 1.165) is 5.69 Å². The van der Waals surface area contributed by atoms with Gasteiger partial charge in [0.05, 0.1) is 17.7 Å². The zero-order valence-electron chi connectivity index (χ0n) is 11.7. The summed E-state index contributed by atoms with van der Waals surface area (Å²) in [5, 5.41) is 11.3. The van der Waals surface area contributed by atoms with Gasteiger partial charge in [-0.2, -0.15) is 0 Å². The van der Waals surface area contributed by atoms with Gasteiger partial charge in [0.1, 0.15) is 11.4 Å². The number of hydrogen-bond donors (Lipinski definition) is 0. The van der Waals surface area contributed by atoms with Crippen molar-refractivity contribution < 1.29 is 9.66 Å². The van der Waals surface area contributed by atoms with Gasteiger partial charge in [0.2, 0.25) is 0 Å². The summed E-state index contributed by atoms with van der Waals surface area (Å²) in [6, 6.07) is 12.3. The van der Waals surface area contributed by atoms with Crippen LogP contribution in [0, 0.1) is 10.1 Å². The Morgan fingerprint density at radius 1 is 1.24 bits per heavy atom. The van der Waals surface area contributed by atoms with Crippen LogP contribution in [-0.4, -0.2) is 19.1 Å². The number of halogens is 1. The molecule has 0 saturated carbocycles. The van der Waals surface area contributed by atoms with E-state index in [2.05, 4.69) is 0 Å². The molecule has 0 unspecified atom stereocenters. The maximum atomic E-state index is 11.3. The van der Waals surface area contributed by atoms with Crippen LogP contribution >= 0.6 is 11.6 Å². The van der Waals surface area contributed by atoms with E-state index in [-0.39, 0.29) is 11.6 Å². The lowest BCUT2D eigenvalue weighted by Gasteiger charge is -2.21. The van der Waals surface area contributed by atoms with Crippen LogP contribution in [-0.2, 0) is 5.88 Å². The van der Waals surface area contributed by atoms with Crippen molar-refractivity contribution in [3.8, 4) is 5.75 Å². The zero-order chi connectivity index (χ0) is 15.4. The number of nitro groups is 1. The smallest absolute Gasteiger partial charge is 0.293 e. The fourth-order valence-corrected chi connectivity index (χ4v) is 2.28. The normalized spacial score (nSPS) is 10.2. The number of nitro benzene ring substituents is 1. The molecule has 21 heavy (non-hydrogen) atoms. The molecule has 2 aromatic rings. The number of para-hydroxylation sites is 2. The SMILES string of the molecule is COc1ccccc1N(C)c1ccc(CCl)cc1[N+](=O)[O-]. The number of benzene rings is 2. The molecule has 0 fully saturated rings. The van der Waals surface area contributed by atoms with Gasteiger partial charge in [0, 0.05) is 19.0 Å². The Morgan fingerprint density at radius 3 is 2.57 bits per heavy atom. The molecule has 0 saturated heterocycles. The number of anilines is 2. The van der Waals surface area contributed by atoms with Crippen LogP contribution < -0.4 is 9.64 Å². The molecular weight excluding hydrogens is 292 g/mol. The van der Waals surface area contributed by atoms with E-state index >= 15 is 0 Å². The van der Waals surface area contributed by atoms with Gasteiger partial charge >= 0.3 is 0 Å². The van der Waals surface area contributed by atoms with Crippen molar-refractivity contribution >= 4 is 28.7 Å². The second kappa shape index (κ2) is 6.45. The summed E-state index contributed by atoms with van der Waals surface area (Å²) in [6.45, 7) is 0. The number of methoxy groups -OCH3 is 1. The average Bonchev–Trinajstić information content (AvgIpc) is 2.53. The first kappa shape index (κ1) is 15.1. The summed E-state index contributed by atoms with van der Waals surface area (Å²) in [5.41, 5.74) is 1.96. The second-order valence-corrected chi connectivity index (χ2v) is 4.71. The Kier molecular flexibility index (Phi) is 4.65. The molecule has 0 radical (unpaired) electrons. The molecule has 0 aliphatic rings. The highest BCUT2D eigenvalue weighted by molar-refractivity contribution is 6.17. The van der Waals surface area contributed by atoms with E-state index in [1.54, 1.807) is 31.2 Å². The van der Waals surface area contributed by atoms with E-state index in [1.165, 1.54) is 6.07 Å². The third-order valence-electron chi connectivity index (χ3n) is 3.20. The Hall–Kier alpha value is -2.27. The van der Waals surface area contributed by atoms with Crippen LogP contribution in [0.5, 0.6) is 5.75 Å². The van der Waals surface area contributed by atoms with Gasteiger partial charge in [-0.05, 0) is 23.8 Å². The third-order valence-corrected chi connectivity index (χ3v) is 3.51. The van der Waals surface area contributed by atoms with Crippen molar-refractivity contribution in [1.29, 1.82) is 0 Å². The van der Waals surface area contributed by atoms with Crippen LogP contribution in [0.15, 0.2) is 42.5 Å². The Labute approximate surface area is 127 Å². The highest BCUT2D eigenvalue weighted by Gasteiger charge is 2.20. The Morgan fingerprint density at radius 2 is 1.95 bits per heavy atom. The van der Waals surface area contributed by atoms with Crippen molar-refractivity contribution in [3.63, 3.8) is 0 Å². The van der Waals surface area contributed by atoms with Gasteiger partial charge < -0.3 is 9.64 Å². The maximum Gasteiger partial charge on any atom is 0.293 e. The molecule has 0 aliphatic carbocycles. The van der Waals surface area contributed by atoms with Gasteiger partial charge in [-0.25, -0.2) is 0 Å². The Balaban J connectivity index is 2.52. The van der Waals surface area contributed by atoms with Gasteiger partial charge in [0.15, 0.2) is 0 Å². The van der Waals surface area contributed by atoms with E-state index in [1.807, 2.05) is 24.3 Å². The second-order valence-electron chi connectivity index (χ2n) is 4.44. The molecule has 0 amide bonds. The third kappa shape index (κ3) is 3.08. The van der Waals surface area contributed by atoms with E-state index in [9.17, 15) is 10.1 Å². The summed E-state index contributed by atoms with van der Waals surface area (Å²) in [5.74, 6) is 0.884. The Bertz CT molecular complexity index is 661. The van der Waals surface area contributed by atoms with E-state index < -0.39 is 4.92 Å². The number of nitrogens with zero attached hydrogens (tertiary/aromatic N) is 2. The molecule has 2 aromatic carbocycles. The predicted molar refractivity (Wildman–Crippen MR) is 83.7 cm³/mol. The molecule has 110 valence electrons. The molecule has 0 aromatic heterocycles. The maximum absolute atomic E-state index is 11.3. The molecule has 0 N–H and O–H groups in total. The van der Waals surface area contributed by atoms with Crippen molar-refractivity contribution in [2.75, 3.05) is 19.1 Å². The fraction of sp³-hybridized carbons (Fsp3) is 0.200. The highest BCUT2D eigenvalue weighted by atomic mass is 35.5. The lowest BCUT2D eigenvalue weighted by atomic mass is 10.1. The van der Waals surface area contributed by atoms with Crippen LogP contribution in [0.2, 0.25) is 0 Å². The summed E-state index contributed by atoms with van der Waals surface area (Å²) < 4.78 is 5.30. The first-order valence-electron chi connectivity index (χ1n) is 6.28. The van der Waals surface area contributed by atoms with Crippen molar-refractivity contribution in [1.82, 2.24) is 0 Å². The van der Waals surface area contributed by atoms with Crippen molar-refractivity contribution in [2.45, 2.75) is 5.88 Å². The molecule has 5 nitrogen and oxygen atoms in total. The number of alkyl halides is 1. The van der Waals surface area contributed by atoms with Crippen molar-refractivity contribution in [2.24, 2.45) is 0 Å². The van der Waals surface area contributed by atoms with Crippen LogP contribution in [0.1, 0.15) is 5.56 Å². The minimum absolute atomic E-state index is 0.0153. The number of ether oxygens (including phenoxy) is 1. The lowest BCUT2D eigenvalue weighted by molar-refractivity contribution is -0.384. The summed E-state index contributed by atoms with van der Waals surface area (Å²) in [7, 11) is 3.33. The van der Waals surface area contributed by atoms with E-state index in [4.69, 9.17) is 16.3 Å². The van der Waals surface area contributed by atoms with Crippen LogP contribution in [0.4, 0.5) is 17.1 Å². The fourth-order valence-electron chi connectivity index (χ4n) is 2.12. The van der Waals surface area contributed by atoms with Gasteiger partial charge in [-0.15, -0.1) is 11.6 Å². The van der Waals surface area contributed by atoms with E-state index in [0.29, 0.717) is 17.0 Å². The molecule has 6 heteroatoms. The molecule has 0 spiro atoms. The molecule has 0 atom stereocenters. The number of rotatable bonds is 5.